The molecule has 17 heavy (non-hydrogen) atoms. The normalized spacial score (nSPS) is 28.8. The Labute approximate surface area is 102 Å². The SMILES string of the molecule is CCC1CCC(c2noc(CNC3CC3)n2)C1. The van der Waals surface area contributed by atoms with Gasteiger partial charge in [0.25, 0.3) is 0 Å². The van der Waals surface area contributed by atoms with Crippen molar-refractivity contribution in [2.24, 2.45) is 5.92 Å². The Bertz CT molecular complexity index is 372. The second-order valence-electron chi connectivity index (χ2n) is 5.49. The second-order valence-corrected chi connectivity index (χ2v) is 5.49. The monoisotopic (exact) mass is 235 g/mol. The Morgan fingerprint density at radius 2 is 2.18 bits per heavy atom. The van der Waals surface area contributed by atoms with E-state index in [2.05, 4.69) is 22.4 Å². The van der Waals surface area contributed by atoms with Crippen molar-refractivity contribution in [2.75, 3.05) is 0 Å². The fourth-order valence-corrected chi connectivity index (χ4v) is 2.71. The first-order chi connectivity index (χ1) is 8.35. The van der Waals surface area contributed by atoms with E-state index in [4.69, 9.17) is 4.52 Å². The van der Waals surface area contributed by atoms with Crippen molar-refractivity contribution in [3.8, 4) is 0 Å². The van der Waals surface area contributed by atoms with Crippen LogP contribution < -0.4 is 5.32 Å². The lowest BCUT2D eigenvalue weighted by Crippen LogP contribution is -2.15. The molecule has 1 N–H and O–H groups in total. The maximum atomic E-state index is 5.30. The molecule has 3 rings (SSSR count). The molecule has 2 saturated carbocycles. The molecule has 4 heteroatoms. The highest BCUT2D eigenvalue weighted by Crippen LogP contribution is 2.38. The first-order valence-corrected chi connectivity index (χ1v) is 6.91. The summed E-state index contributed by atoms with van der Waals surface area (Å²) in [5.74, 6) is 3.10. The van der Waals surface area contributed by atoms with Gasteiger partial charge in [0.1, 0.15) is 0 Å². The summed E-state index contributed by atoms with van der Waals surface area (Å²) in [6, 6.07) is 0.696. The number of hydrogen-bond donors (Lipinski definition) is 1. The van der Waals surface area contributed by atoms with E-state index in [0.29, 0.717) is 12.0 Å². The number of nitrogens with one attached hydrogen (secondary N) is 1. The molecule has 0 bridgehead atoms. The summed E-state index contributed by atoms with van der Waals surface area (Å²) in [6.07, 6.45) is 7.67. The maximum absolute atomic E-state index is 5.30. The van der Waals surface area contributed by atoms with Gasteiger partial charge in [-0.2, -0.15) is 4.98 Å². The third-order valence-electron chi connectivity index (χ3n) is 4.09. The van der Waals surface area contributed by atoms with E-state index in [9.17, 15) is 0 Å². The lowest BCUT2D eigenvalue weighted by Gasteiger charge is -2.04. The van der Waals surface area contributed by atoms with E-state index in [1.807, 2.05) is 0 Å². The van der Waals surface area contributed by atoms with Gasteiger partial charge in [-0.25, -0.2) is 0 Å². The Morgan fingerprint density at radius 1 is 1.29 bits per heavy atom. The number of nitrogens with zero attached hydrogens (tertiary/aromatic N) is 2. The summed E-state index contributed by atoms with van der Waals surface area (Å²) in [7, 11) is 0. The Balaban J connectivity index is 1.56. The molecule has 1 aromatic heterocycles. The first-order valence-electron chi connectivity index (χ1n) is 6.91. The van der Waals surface area contributed by atoms with Crippen LogP contribution in [0.15, 0.2) is 4.52 Å². The van der Waals surface area contributed by atoms with Gasteiger partial charge in [-0.05, 0) is 38.0 Å². The predicted octanol–water partition coefficient (Wildman–Crippen LogP) is 2.62. The summed E-state index contributed by atoms with van der Waals surface area (Å²) in [4.78, 5) is 4.52. The fraction of sp³-hybridized carbons (Fsp3) is 0.846. The fourth-order valence-electron chi connectivity index (χ4n) is 2.71. The molecule has 0 aliphatic heterocycles. The van der Waals surface area contributed by atoms with Crippen LogP contribution >= 0.6 is 0 Å². The van der Waals surface area contributed by atoms with Gasteiger partial charge in [0.15, 0.2) is 5.82 Å². The molecule has 4 nitrogen and oxygen atoms in total. The number of hydrogen-bond acceptors (Lipinski definition) is 4. The molecule has 2 unspecified atom stereocenters. The Hall–Kier alpha value is -0.900. The highest BCUT2D eigenvalue weighted by Gasteiger charge is 2.28. The summed E-state index contributed by atoms with van der Waals surface area (Å²) >= 11 is 0. The summed E-state index contributed by atoms with van der Waals surface area (Å²) in [6.45, 7) is 3.01. The third-order valence-corrected chi connectivity index (χ3v) is 4.09. The van der Waals surface area contributed by atoms with Crippen LogP contribution in [-0.2, 0) is 6.54 Å². The van der Waals surface area contributed by atoms with E-state index in [1.54, 1.807) is 0 Å². The molecule has 0 saturated heterocycles. The lowest BCUT2D eigenvalue weighted by atomic mass is 10.0. The van der Waals surface area contributed by atoms with Crippen molar-refractivity contribution >= 4 is 0 Å². The van der Waals surface area contributed by atoms with E-state index < -0.39 is 0 Å². The third kappa shape index (κ3) is 2.68. The second kappa shape index (κ2) is 4.77. The van der Waals surface area contributed by atoms with Crippen molar-refractivity contribution in [3.63, 3.8) is 0 Å². The highest BCUT2D eigenvalue weighted by molar-refractivity contribution is 4.99. The smallest absolute Gasteiger partial charge is 0.240 e. The molecule has 2 aliphatic carbocycles. The van der Waals surface area contributed by atoms with Crippen LogP contribution in [0.4, 0.5) is 0 Å². The molecule has 94 valence electrons. The number of aromatic nitrogens is 2. The van der Waals surface area contributed by atoms with E-state index in [1.165, 1.54) is 38.5 Å². The molecule has 2 fully saturated rings. The van der Waals surface area contributed by atoms with Crippen molar-refractivity contribution < 1.29 is 4.52 Å². The van der Waals surface area contributed by atoms with Gasteiger partial charge >= 0.3 is 0 Å². The summed E-state index contributed by atoms with van der Waals surface area (Å²) in [5, 5.41) is 7.54. The molecular weight excluding hydrogens is 214 g/mol. The van der Waals surface area contributed by atoms with E-state index in [-0.39, 0.29) is 0 Å². The minimum absolute atomic E-state index is 0.540. The predicted molar refractivity (Wildman–Crippen MR) is 64.5 cm³/mol. The molecule has 0 aromatic carbocycles. The molecule has 0 radical (unpaired) electrons. The lowest BCUT2D eigenvalue weighted by molar-refractivity contribution is 0.359. The molecule has 1 aromatic rings. The maximum Gasteiger partial charge on any atom is 0.240 e. The molecule has 2 atom stereocenters. The molecule has 2 aliphatic rings. The summed E-state index contributed by atoms with van der Waals surface area (Å²) < 4.78 is 5.30. The number of rotatable bonds is 5. The zero-order chi connectivity index (χ0) is 11.7. The zero-order valence-corrected chi connectivity index (χ0v) is 10.5. The Morgan fingerprint density at radius 3 is 2.88 bits per heavy atom. The van der Waals surface area contributed by atoms with Gasteiger partial charge in [-0.15, -0.1) is 0 Å². The van der Waals surface area contributed by atoms with Gasteiger partial charge in [0.05, 0.1) is 6.54 Å². The van der Waals surface area contributed by atoms with Gasteiger partial charge < -0.3 is 9.84 Å². The van der Waals surface area contributed by atoms with Crippen LogP contribution in [0.3, 0.4) is 0 Å². The van der Waals surface area contributed by atoms with E-state index >= 15 is 0 Å². The van der Waals surface area contributed by atoms with Crippen LogP contribution in [0.25, 0.3) is 0 Å². The molecule has 0 spiro atoms. The quantitative estimate of drug-likeness (QED) is 0.852. The van der Waals surface area contributed by atoms with Crippen molar-refractivity contribution in [1.82, 2.24) is 15.5 Å². The minimum Gasteiger partial charge on any atom is -0.338 e. The average molecular weight is 235 g/mol. The van der Waals surface area contributed by atoms with Crippen molar-refractivity contribution in [3.05, 3.63) is 11.7 Å². The van der Waals surface area contributed by atoms with Gasteiger partial charge in [0, 0.05) is 12.0 Å². The topological polar surface area (TPSA) is 51.0 Å². The van der Waals surface area contributed by atoms with Crippen molar-refractivity contribution in [1.29, 1.82) is 0 Å². The van der Waals surface area contributed by atoms with Crippen LogP contribution in [0.1, 0.15) is 63.1 Å². The van der Waals surface area contributed by atoms with Crippen LogP contribution in [-0.4, -0.2) is 16.2 Å². The average Bonchev–Trinajstić information content (AvgIpc) is 2.89. The van der Waals surface area contributed by atoms with Gasteiger partial charge in [-0.3, -0.25) is 0 Å². The van der Waals surface area contributed by atoms with E-state index in [0.717, 1.165) is 24.2 Å². The minimum atomic E-state index is 0.540. The van der Waals surface area contributed by atoms with Crippen LogP contribution in [0.5, 0.6) is 0 Å². The van der Waals surface area contributed by atoms with Crippen LogP contribution in [0, 0.1) is 5.92 Å². The molecule has 1 heterocycles. The standard InChI is InChI=1S/C13H21N3O/c1-2-9-3-4-10(7-9)13-15-12(17-16-13)8-14-11-5-6-11/h9-11,14H,2-8H2,1H3. The van der Waals surface area contributed by atoms with Crippen LogP contribution in [0.2, 0.25) is 0 Å². The first kappa shape index (κ1) is 11.2. The molecular formula is C13H21N3O. The largest absolute Gasteiger partial charge is 0.338 e. The van der Waals surface area contributed by atoms with Gasteiger partial charge in [-0.1, -0.05) is 18.5 Å². The van der Waals surface area contributed by atoms with Crippen molar-refractivity contribution in [2.45, 2.75) is 64.0 Å². The zero-order valence-electron chi connectivity index (χ0n) is 10.5. The Kier molecular flexibility index (Phi) is 3.14. The summed E-state index contributed by atoms with van der Waals surface area (Å²) in [5.41, 5.74) is 0. The molecule has 0 amide bonds. The van der Waals surface area contributed by atoms with Gasteiger partial charge in [0.2, 0.25) is 5.89 Å². The highest BCUT2D eigenvalue weighted by atomic mass is 16.5.